The fourth-order valence-electron chi connectivity index (χ4n) is 2.45. The van der Waals surface area contributed by atoms with E-state index in [0.29, 0.717) is 13.1 Å². The van der Waals surface area contributed by atoms with Crippen molar-refractivity contribution in [2.75, 3.05) is 0 Å². The maximum absolute atomic E-state index is 11.7. The summed E-state index contributed by atoms with van der Waals surface area (Å²) in [5, 5.41) is 5.40. The smallest absolute Gasteiger partial charge is 0.309 e. The second-order valence-corrected chi connectivity index (χ2v) is 5.16. The third-order valence-electron chi connectivity index (χ3n) is 3.58. The first kappa shape index (κ1) is 14.5. The molecule has 2 amide bonds. The van der Waals surface area contributed by atoms with Crippen molar-refractivity contribution in [3.8, 4) is 0 Å². The van der Waals surface area contributed by atoms with E-state index in [2.05, 4.69) is 10.6 Å². The van der Waals surface area contributed by atoms with Gasteiger partial charge in [-0.2, -0.15) is 0 Å². The maximum Gasteiger partial charge on any atom is 0.309 e. The number of benzene rings is 1. The van der Waals surface area contributed by atoms with Gasteiger partial charge in [0.25, 0.3) is 0 Å². The number of amides is 2. The van der Waals surface area contributed by atoms with Crippen LogP contribution in [0.25, 0.3) is 0 Å². The first-order valence-corrected chi connectivity index (χ1v) is 7.05. The first-order valence-electron chi connectivity index (χ1n) is 7.05. The average molecular weight is 275 g/mol. The maximum atomic E-state index is 11.7. The fraction of sp³-hybridized carbons (Fsp3) is 0.467. The Labute approximate surface area is 118 Å². The van der Waals surface area contributed by atoms with Crippen LogP contribution in [0.1, 0.15) is 36.8 Å². The van der Waals surface area contributed by atoms with Gasteiger partial charge in [-0.25, -0.2) is 0 Å². The van der Waals surface area contributed by atoms with E-state index in [-0.39, 0.29) is 6.04 Å². The number of carbonyl (C=O) groups is 2. The Morgan fingerprint density at radius 3 is 2.55 bits per heavy atom. The van der Waals surface area contributed by atoms with Crippen LogP contribution in [-0.2, 0) is 22.7 Å². The predicted octanol–water partition coefficient (Wildman–Crippen LogP) is 0.820. The van der Waals surface area contributed by atoms with Gasteiger partial charge in [-0.15, -0.1) is 0 Å². The minimum atomic E-state index is -0.574. The van der Waals surface area contributed by atoms with Crippen molar-refractivity contribution < 1.29 is 9.59 Å². The zero-order valence-electron chi connectivity index (χ0n) is 11.5. The van der Waals surface area contributed by atoms with Crippen molar-refractivity contribution in [2.45, 2.75) is 44.8 Å². The summed E-state index contributed by atoms with van der Waals surface area (Å²) in [5.41, 5.74) is 7.51. The minimum absolute atomic E-state index is 0.161. The molecule has 0 aromatic heterocycles. The van der Waals surface area contributed by atoms with E-state index >= 15 is 0 Å². The largest absolute Gasteiger partial charge is 0.345 e. The van der Waals surface area contributed by atoms with E-state index < -0.39 is 11.8 Å². The monoisotopic (exact) mass is 275 g/mol. The molecule has 0 spiro atoms. The van der Waals surface area contributed by atoms with Gasteiger partial charge in [0, 0.05) is 19.1 Å². The molecule has 5 heteroatoms. The number of nitrogens with two attached hydrogens (primary N) is 1. The van der Waals surface area contributed by atoms with Gasteiger partial charge in [0.1, 0.15) is 0 Å². The van der Waals surface area contributed by atoms with Crippen LogP contribution < -0.4 is 16.4 Å². The molecule has 0 unspecified atom stereocenters. The molecule has 20 heavy (non-hydrogen) atoms. The van der Waals surface area contributed by atoms with Crippen LogP contribution in [-0.4, -0.2) is 17.9 Å². The lowest BCUT2D eigenvalue weighted by molar-refractivity contribution is -0.139. The summed E-state index contributed by atoms with van der Waals surface area (Å²) in [7, 11) is 0. The zero-order chi connectivity index (χ0) is 14.4. The highest BCUT2D eigenvalue weighted by Crippen LogP contribution is 2.17. The summed E-state index contributed by atoms with van der Waals surface area (Å²) in [6.07, 6.45) is 4.19. The molecular weight excluding hydrogens is 254 g/mol. The highest BCUT2D eigenvalue weighted by atomic mass is 16.2. The Kier molecular flexibility index (Phi) is 5.12. The highest BCUT2D eigenvalue weighted by Gasteiger charge is 2.20. The Morgan fingerprint density at radius 1 is 1.15 bits per heavy atom. The average Bonchev–Trinajstić information content (AvgIpc) is 2.97. The molecule has 2 rings (SSSR count). The number of nitrogens with one attached hydrogen (secondary N) is 2. The summed E-state index contributed by atoms with van der Waals surface area (Å²) in [4.78, 5) is 23.4. The molecule has 5 nitrogen and oxygen atoms in total. The van der Waals surface area contributed by atoms with Crippen LogP contribution in [0.2, 0.25) is 0 Å². The lowest BCUT2D eigenvalue weighted by Crippen LogP contribution is -2.43. The van der Waals surface area contributed by atoms with E-state index in [0.717, 1.165) is 36.8 Å². The standard InChI is InChI=1S/C15H21N3O2/c16-9-11-4-3-5-12(8-11)10-17-14(19)15(20)18-13-6-1-2-7-13/h3-5,8,13H,1-2,6-7,9-10,16H2,(H,17,19)(H,18,20). The summed E-state index contributed by atoms with van der Waals surface area (Å²) in [5.74, 6) is -1.11. The van der Waals surface area contributed by atoms with E-state index in [1.54, 1.807) is 0 Å². The van der Waals surface area contributed by atoms with E-state index in [9.17, 15) is 9.59 Å². The molecule has 108 valence electrons. The molecule has 0 atom stereocenters. The van der Waals surface area contributed by atoms with Crippen LogP contribution in [0, 0.1) is 0 Å². The molecule has 1 fully saturated rings. The fourth-order valence-corrected chi connectivity index (χ4v) is 2.45. The van der Waals surface area contributed by atoms with Crippen LogP contribution in [0.3, 0.4) is 0 Å². The summed E-state index contributed by atoms with van der Waals surface area (Å²) in [6.45, 7) is 0.800. The molecule has 1 aromatic carbocycles. The molecule has 1 aromatic rings. The molecule has 1 aliphatic carbocycles. The van der Waals surface area contributed by atoms with Crippen LogP contribution in [0.15, 0.2) is 24.3 Å². The lowest BCUT2D eigenvalue weighted by Gasteiger charge is -2.11. The molecule has 0 saturated heterocycles. The Morgan fingerprint density at radius 2 is 1.85 bits per heavy atom. The summed E-state index contributed by atoms with van der Waals surface area (Å²) >= 11 is 0. The highest BCUT2D eigenvalue weighted by molar-refractivity contribution is 6.35. The van der Waals surface area contributed by atoms with Crippen LogP contribution in [0.4, 0.5) is 0 Å². The van der Waals surface area contributed by atoms with Gasteiger partial charge >= 0.3 is 11.8 Å². The quantitative estimate of drug-likeness (QED) is 0.711. The molecule has 4 N–H and O–H groups in total. The molecule has 1 saturated carbocycles. The van der Waals surface area contributed by atoms with E-state index in [4.69, 9.17) is 5.73 Å². The van der Waals surface area contributed by atoms with Crippen molar-refractivity contribution in [3.05, 3.63) is 35.4 Å². The van der Waals surface area contributed by atoms with Gasteiger partial charge in [0.2, 0.25) is 0 Å². The molecule has 0 heterocycles. The molecular formula is C15H21N3O2. The van der Waals surface area contributed by atoms with Crippen molar-refractivity contribution in [2.24, 2.45) is 5.73 Å². The van der Waals surface area contributed by atoms with E-state index in [1.807, 2.05) is 24.3 Å². The second-order valence-electron chi connectivity index (χ2n) is 5.16. The molecule has 0 aliphatic heterocycles. The number of hydrogen-bond acceptors (Lipinski definition) is 3. The van der Waals surface area contributed by atoms with Gasteiger partial charge in [0.05, 0.1) is 0 Å². The molecule has 1 aliphatic rings. The van der Waals surface area contributed by atoms with Crippen LogP contribution >= 0.6 is 0 Å². The van der Waals surface area contributed by atoms with Gasteiger partial charge in [-0.1, -0.05) is 37.1 Å². The van der Waals surface area contributed by atoms with Crippen molar-refractivity contribution in [1.29, 1.82) is 0 Å². The second kappa shape index (κ2) is 7.05. The number of carbonyl (C=O) groups excluding carboxylic acids is 2. The van der Waals surface area contributed by atoms with Crippen molar-refractivity contribution in [1.82, 2.24) is 10.6 Å². The Bertz CT molecular complexity index is 482. The summed E-state index contributed by atoms with van der Waals surface area (Å²) in [6, 6.07) is 7.80. The third-order valence-corrected chi connectivity index (χ3v) is 3.58. The van der Waals surface area contributed by atoms with Crippen molar-refractivity contribution in [3.63, 3.8) is 0 Å². The zero-order valence-corrected chi connectivity index (χ0v) is 11.5. The normalized spacial score (nSPS) is 15.1. The van der Waals surface area contributed by atoms with Crippen molar-refractivity contribution >= 4 is 11.8 Å². The number of hydrogen-bond donors (Lipinski definition) is 3. The Hall–Kier alpha value is -1.88. The van der Waals surface area contributed by atoms with Crippen LogP contribution in [0.5, 0.6) is 0 Å². The minimum Gasteiger partial charge on any atom is -0.345 e. The first-order chi connectivity index (χ1) is 9.69. The van der Waals surface area contributed by atoms with Gasteiger partial charge < -0.3 is 16.4 Å². The van der Waals surface area contributed by atoms with Gasteiger partial charge in [-0.3, -0.25) is 9.59 Å². The summed E-state index contributed by atoms with van der Waals surface area (Å²) < 4.78 is 0. The lowest BCUT2D eigenvalue weighted by atomic mass is 10.1. The Balaban J connectivity index is 1.80. The molecule has 0 bridgehead atoms. The topological polar surface area (TPSA) is 84.2 Å². The van der Waals surface area contributed by atoms with E-state index in [1.165, 1.54) is 0 Å². The van der Waals surface area contributed by atoms with Gasteiger partial charge in [-0.05, 0) is 24.0 Å². The molecule has 0 radical (unpaired) electrons. The third kappa shape index (κ3) is 4.06. The number of rotatable bonds is 4. The van der Waals surface area contributed by atoms with Gasteiger partial charge in [0.15, 0.2) is 0 Å². The predicted molar refractivity (Wildman–Crippen MR) is 76.6 cm³/mol. The SMILES string of the molecule is NCc1cccc(CNC(=O)C(=O)NC2CCCC2)c1.